The third-order valence-electron chi connectivity index (χ3n) is 4.32. The Kier molecular flexibility index (Phi) is 5.96. The lowest BCUT2D eigenvalue weighted by Crippen LogP contribution is -2.50. The molecule has 2 unspecified atom stereocenters. The summed E-state index contributed by atoms with van der Waals surface area (Å²) >= 11 is 0. The Bertz CT molecular complexity index is 369. The van der Waals surface area contributed by atoms with Crippen molar-refractivity contribution in [1.82, 2.24) is 20.9 Å². The first-order chi connectivity index (χ1) is 10.1. The van der Waals surface area contributed by atoms with E-state index in [9.17, 15) is 9.59 Å². The van der Waals surface area contributed by atoms with Gasteiger partial charge >= 0.3 is 0 Å². The van der Waals surface area contributed by atoms with E-state index in [-0.39, 0.29) is 30.0 Å². The van der Waals surface area contributed by atoms with E-state index >= 15 is 0 Å². The van der Waals surface area contributed by atoms with E-state index in [1.54, 1.807) is 14.2 Å². The van der Waals surface area contributed by atoms with Crippen molar-refractivity contribution in [3.63, 3.8) is 0 Å². The fraction of sp³-hybridized carbons (Fsp3) is 0.857. The molecule has 0 aromatic heterocycles. The van der Waals surface area contributed by atoms with Gasteiger partial charge in [-0.1, -0.05) is 0 Å². The average Bonchev–Trinajstić information content (AvgIpc) is 2.98. The number of nitrogens with zero attached hydrogens (tertiary/aromatic N) is 1. The summed E-state index contributed by atoms with van der Waals surface area (Å²) in [5.74, 6) is 0.109. The van der Waals surface area contributed by atoms with Crippen molar-refractivity contribution in [3.8, 4) is 0 Å². The number of ether oxygens (including phenoxy) is 1. The van der Waals surface area contributed by atoms with Crippen LogP contribution in [0.3, 0.4) is 0 Å². The maximum Gasteiger partial charge on any atom is 0.237 e. The number of likely N-dealkylation sites (N-methyl/N-ethyl adjacent to an activating group) is 1. The number of hydrogen-bond donors (Lipinski definition) is 3. The molecule has 2 rings (SSSR count). The molecule has 0 bridgehead atoms. The predicted molar refractivity (Wildman–Crippen MR) is 78.9 cm³/mol. The lowest BCUT2D eigenvalue weighted by Gasteiger charge is -2.32. The largest absolute Gasteiger partial charge is 0.380 e. The summed E-state index contributed by atoms with van der Waals surface area (Å²) in [6.45, 7) is 2.87. The third-order valence-corrected chi connectivity index (χ3v) is 4.32. The van der Waals surface area contributed by atoms with Gasteiger partial charge in [-0.15, -0.1) is 0 Å². The Balaban J connectivity index is 1.69. The summed E-state index contributed by atoms with van der Waals surface area (Å²) < 4.78 is 5.26. The zero-order valence-electron chi connectivity index (χ0n) is 12.9. The number of piperidine rings is 1. The third kappa shape index (κ3) is 4.66. The summed E-state index contributed by atoms with van der Waals surface area (Å²) in [6.07, 6.45) is 2.65. The van der Waals surface area contributed by atoms with Gasteiger partial charge in [0.05, 0.1) is 18.7 Å². The number of methoxy groups -OCH3 is 1. The van der Waals surface area contributed by atoms with Gasteiger partial charge in [-0.3, -0.25) is 14.5 Å². The van der Waals surface area contributed by atoms with Gasteiger partial charge in [-0.25, -0.2) is 0 Å². The number of rotatable bonds is 5. The summed E-state index contributed by atoms with van der Waals surface area (Å²) in [5.41, 5.74) is 0. The average molecular weight is 298 g/mol. The molecule has 0 spiro atoms. The molecule has 2 fully saturated rings. The van der Waals surface area contributed by atoms with Crippen molar-refractivity contribution < 1.29 is 14.3 Å². The number of carbonyl (C=O) groups excluding carboxylic acids is 2. The lowest BCUT2D eigenvalue weighted by molar-refractivity contribution is -0.125. The molecule has 21 heavy (non-hydrogen) atoms. The molecule has 120 valence electrons. The molecular formula is C14H26N4O3. The van der Waals surface area contributed by atoms with Crippen LogP contribution in [-0.4, -0.2) is 75.2 Å². The molecule has 2 aliphatic heterocycles. The van der Waals surface area contributed by atoms with Crippen LogP contribution in [0.15, 0.2) is 0 Å². The van der Waals surface area contributed by atoms with Crippen LogP contribution in [0.1, 0.15) is 19.3 Å². The second kappa shape index (κ2) is 7.72. The molecule has 2 atom stereocenters. The standard InChI is InChI=1S/C14H26N4O3/c1-15-13(19)9-18-5-3-10(4-6-18)17-14(20)12-7-11(21-2)8-16-12/h10-12,16H,3-9H2,1-2H3,(H,15,19)(H,17,20). The predicted octanol–water partition coefficient (Wildman–Crippen LogP) is -1.31. The number of carbonyl (C=O) groups is 2. The first-order valence-electron chi connectivity index (χ1n) is 7.62. The van der Waals surface area contributed by atoms with Crippen molar-refractivity contribution in [2.45, 2.75) is 37.5 Å². The van der Waals surface area contributed by atoms with E-state index in [0.717, 1.165) is 38.9 Å². The van der Waals surface area contributed by atoms with Crippen LogP contribution in [-0.2, 0) is 14.3 Å². The minimum Gasteiger partial charge on any atom is -0.380 e. The monoisotopic (exact) mass is 298 g/mol. The summed E-state index contributed by atoms with van der Waals surface area (Å²) in [6, 6.07) is 0.0701. The van der Waals surface area contributed by atoms with Crippen LogP contribution in [0, 0.1) is 0 Å². The van der Waals surface area contributed by atoms with E-state index in [2.05, 4.69) is 20.9 Å². The molecule has 2 heterocycles. The van der Waals surface area contributed by atoms with Crippen LogP contribution in [0.5, 0.6) is 0 Å². The second-order valence-corrected chi connectivity index (χ2v) is 5.79. The van der Waals surface area contributed by atoms with Crippen molar-refractivity contribution in [2.75, 3.05) is 40.3 Å². The van der Waals surface area contributed by atoms with Crippen molar-refractivity contribution >= 4 is 11.8 Å². The molecule has 7 heteroatoms. The van der Waals surface area contributed by atoms with E-state index in [0.29, 0.717) is 6.54 Å². The first kappa shape index (κ1) is 16.2. The van der Waals surface area contributed by atoms with Crippen LogP contribution >= 0.6 is 0 Å². The molecule has 2 aliphatic rings. The van der Waals surface area contributed by atoms with Gasteiger partial charge in [-0.05, 0) is 19.3 Å². The Labute approximate surface area is 125 Å². The Morgan fingerprint density at radius 1 is 1.33 bits per heavy atom. The fourth-order valence-electron chi connectivity index (χ4n) is 2.90. The van der Waals surface area contributed by atoms with Crippen LogP contribution < -0.4 is 16.0 Å². The SMILES string of the molecule is CNC(=O)CN1CCC(NC(=O)C2CC(OC)CN2)CC1. The highest BCUT2D eigenvalue weighted by molar-refractivity contribution is 5.82. The first-order valence-corrected chi connectivity index (χ1v) is 7.62. The number of hydrogen-bond acceptors (Lipinski definition) is 5. The van der Waals surface area contributed by atoms with Gasteiger partial charge < -0.3 is 20.7 Å². The molecule has 7 nitrogen and oxygen atoms in total. The van der Waals surface area contributed by atoms with Crippen LogP contribution in [0.2, 0.25) is 0 Å². The maximum absolute atomic E-state index is 12.2. The quantitative estimate of drug-likeness (QED) is 0.587. The van der Waals surface area contributed by atoms with Crippen molar-refractivity contribution in [2.24, 2.45) is 0 Å². The molecule has 3 N–H and O–H groups in total. The molecule has 0 radical (unpaired) electrons. The van der Waals surface area contributed by atoms with Gasteiger partial charge in [0.25, 0.3) is 0 Å². The van der Waals surface area contributed by atoms with E-state index in [4.69, 9.17) is 4.74 Å². The zero-order valence-corrected chi connectivity index (χ0v) is 12.9. The van der Waals surface area contributed by atoms with Gasteiger partial charge in [0.1, 0.15) is 0 Å². The number of amides is 2. The Hall–Kier alpha value is -1.18. The molecule has 0 aliphatic carbocycles. The number of nitrogens with one attached hydrogen (secondary N) is 3. The highest BCUT2D eigenvalue weighted by Crippen LogP contribution is 2.13. The van der Waals surface area contributed by atoms with E-state index in [1.165, 1.54) is 0 Å². The van der Waals surface area contributed by atoms with Gasteiger partial charge in [0.15, 0.2) is 0 Å². The van der Waals surface area contributed by atoms with Crippen LogP contribution in [0.4, 0.5) is 0 Å². The Morgan fingerprint density at radius 3 is 2.62 bits per heavy atom. The molecule has 0 saturated carbocycles. The van der Waals surface area contributed by atoms with E-state index < -0.39 is 0 Å². The molecule has 0 aromatic rings. The summed E-state index contributed by atoms with van der Waals surface area (Å²) in [7, 11) is 3.33. The second-order valence-electron chi connectivity index (χ2n) is 5.79. The van der Waals surface area contributed by atoms with Crippen molar-refractivity contribution in [3.05, 3.63) is 0 Å². The van der Waals surface area contributed by atoms with Gasteiger partial charge in [-0.2, -0.15) is 0 Å². The number of likely N-dealkylation sites (tertiary alicyclic amines) is 1. The normalized spacial score (nSPS) is 27.5. The minimum atomic E-state index is -0.140. The lowest BCUT2D eigenvalue weighted by atomic mass is 10.0. The summed E-state index contributed by atoms with van der Waals surface area (Å²) in [5, 5.41) is 8.93. The highest BCUT2D eigenvalue weighted by Gasteiger charge is 2.31. The molecule has 2 amide bonds. The van der Waals surface area contributed by atoms with Gasteiger partial charge in [0, 0.05) is 39.8 Å². The smallest absolute Gasteiger partial charge is 0.237 e. The molecule has 0 aromatic carbocycles. The topological polar surface area (TPSA) is 82.7 Å². The highest BCUT2D eigenvalue weighted by atomic mass is 16.5. The molecule has 2 saturated heterocycles. The maximum atomic E-state index is 12.2. The van der Waals surface area contributed by atoms with Crippen LogP contribution in [0.25, 0.3) is 0 Å². The summed E-state index contributed by atoms with van der Waals surface area (Å²) in [4.78, 5) is 25.6. The van der Waals surface area contributed by atoms with Crippen molar-refractivity contribution in [1.29, 1.82) is 0 Å². The fourth-order valence-corrected chi connectivity index (χ4v) is 2.90. The molecular weight excluding hydrogens is 272 g/mol. The zero-order chi connectivity index (χ0) is 15.2. The Morgan fingerprint density at radius 2 is 2.05 bits per heavy atom. The van der Waals surface area contributed by atoms with E-state index in [1.807, 2.05) is 0 Å². The van der Waals surface area contributed by atoms with Gasteiger partial charge in [0.2, 0.25) is 11.8 Å². The minimum absolute atomic E-state index is 0.0400.